The minimum absolute atomic E-state index is 0.575. The van der Waals surface area contributed by atoms with Crippen LogP contribution in [-0.4, -0.2) is 12.7 Å². The van der Waals surface area contributed by atoms with Gasteiger partial charge in [0.05, 0.1) is 6.10 Å². The first-order valence-corrected chi connectivity index (χ1v) is 9.06. The van der Waals surface area contributed by atoms with E-state index in [4.69, 9.17) is 4.74 Å². The summed E-state index contributed by atoms with van der Waals surface area (Å²) >= 11 is 0. The molecule has 0 heterocycles. The van der Waals surface area contributed by atoms with Crippen molar-refractivity contribution in [1.82, 2.24) is 0 Å². The Hall–Kier alpha value is -0.300. The van der Waals surface area contributed by atoms with Crippen LogP contribution in [0.15, 0.2) is 12.7 Å². The molecule has 0 bridgehead atoms. The van der Waals surface area contributed by atoms with Crippen molar-refractivity contribution in [1.29, 1.82) is 0 Å². The summed E-state index contributed by atoms with van der Waals surface area (Å²) in [5, 5.41) is 0. The summed E-state index contributed by atoms with van der Waals surface area (Å²) < 4.78 is 5.78. The molecule has 0 aromatic rings. The van der Waals surface area contributed by atoms with Gasteiger partial charge in [0.1, 0.15) is 0 Å². The van der Waals surface area contributed by atoms with Crippen LogP contribution in [0.4, 0.5) is 0 Å². The molecule has 0 spiro atoms. The van der Waals surface area contributed by atoms with Crippen LogP contribution in [0.2, 0.25) is 0 Å². The van der Waals surface area contributed by atoms with Gasteiger partial charge < -0.3 is 4.74 Å². The Morgan fingerprint density at radius 1 is 0.950 bits per heavy atom. The second-order valence-electron chi connectivity index (χ2n) is 6.99. The smallest absolute Gasteiger partial charge is 0.0575 e. The van der Waals surface area contributed by atoms with Gasteiger partial charge in [-0.3, -0.25) is 0 Å². The van der Waals surface area contributed by atoms with Crippen molar-refractivity contribution in [2.45, 2.75) is 83.7 Å². The highest BCUT2D eigenvalue weighted by atomic mass is 16.5. The molecule has 2 fully saturated rings. The molecule has 1 heteroatoms. The summed E-state index contributed by atoms with van der Waals surface area (Å²) in [6.07, 6.45) is 18.1. The summed E-state index contributed by atoms with van der Waals surface area (Å²) in [5.41, 5.74) is 0. The third kappa shape index (κ3) is 4.91. The standard InChI is InChI=1S/C19H34O/c1-3-5-6-7-16-8-10-17(11-9-16)18-12-14-19(15-13-18)20-4-2/h3,16-19H,1,4-15H2,2H3/t16?,17?,18-,19-. The lowest BCUT2D eigenvalue weighted by Gasteiger charge is -2.37. The predicted octanol–water partition coefficient (Wildman–Crippen LogP) is 5.74. The summed E-state index contributed by atoms with van der Waals surface area (Å²) in [4.78, 5) is 0. The third-order valence-electron chi connectivity index (χ3n) is 5.70. The van der Waals surface area contributed by atoms with Gasteiger partial charge in [-0.1, -0.05) is 25.3 Å². The van der Waals surface area contributed by atoms with E-state index in [0.717, 1.165) is 24.4 Å². The fourth-order valence-electron chi connectivity index (χ4n) is 4.46. The van der Waals surface area contributed by atoms with Crippen molar-refractivity contribution in [3.63, 3.8) is 0 Å². The second kappa shape index (κ2) is 8.87. The van der Waals surface area contributed by atoms with Crippen molar-refractivity contribution >= 4 is 0 Å². The molecule has 0 unspecified atom stereocenters. The molecular formula is C19H34O. The van der Waals surface area contributed by atoms with E-state index in [-0.39, 0.29) is 0 Å². The van der Waals surface area contributed by atoms with Crippen LogP contribution in [0.5, 0.6) is 0 Å². The van der Waals surface area contributed by atoms with Crippen LogP contribution in [0.25, 0.3) is 0 Å². The Bertz CT molecular complexity index is 257. The highest BCUT2D eigenvalue weighted by Crippen LogP contribution is 2.41. The first-order chi connectivity index (χ1) is 9.83. The van der Waals surface area contributed by atoms with E-state index in [9.17, 15) is 0 Å². The van der Waals surface area contributed by atoms with Crippen LogP contribution in [0.1, 0.15) is 77.6 Å². The highest BCUT2D eigenvalue weighted by molar-refractivity contribution is 4.82. The normalized spacial score (nSPS) is 34.9. The molecule has 2 aliphatic carbocycles. The molecule has 20 heavy (non-hydrogen) atoms. The first-order valence-electron chi connectivity index (χ1n) is 9.06. The van der Waals surface area contributed by atoms with Crippen molar-refractivity contribution in [3.8, 4) is 0 Å². The SMILES string of the molecule is C=CCCCC1CCC([C@H]2CC[C@H](OCC)CC2)CC1. The van der Waals surface area contributed by atoms with Gasteiger partial charge in [0.2, 0.25) is 0 Å². The zero-order valence-corrected chi connectivity index (χ0v) is 13.5. The van der Waals surface area contributed by atoms with Gasteiger partial charge in [0.15, 0.2) is 0 Å². The van der Waals surface area contributed by atoms with Crippen molar-refractivity contribution in [3.05, 3.63) is 12.7 Å². The fraction of sp³-hybridized carbons (Fsp3) is 0.895. The largest absolute Gasteiger partial charge is 0.379 e. The van der Waals surface area contributed by atoms with Gasteiger partial charge in [-0.15, -0.1) is 6.58 Å². The topological polar surface area (TPSA) is 9.23 Å². The van der Waals surface area contributed by atoms with Crippen molar-refractivity contribution < 1.29 is 4.74 Å². The Labute approximate surface area is 126 Å². The zero-order chi connectivity index (χ0) is 14.2. The van der Waals surface area contributed by atoms with E-state index < -0.39 is 0 Å². The molecule has 2 rings (SSSR count). The molecule has 0 aromatic carbocycles. The van der Waals surface area contributed by atoms with Gasteiger partial charge in [-0.2, -0.15) is 0 Å². The van der Waals surface area contributed by atoms with E-state index in [1.807, 2.05) is 0 Å². The van der Waals surface area contributed by atoms with Crippen LogP contribution in [-0.2, 0) is 4.74 Å². The van der Waals surface area contributed by atoms with Gasteiger partial charge in [0.25, 0.3) is 0 Å². The molecule has 116 valence electrons. The molecule has 2 saturated carbocycles. The Balaban J connectivity index is 1.63. The lowest BCUT2D eigenvalue weighted by molar-refractivity contribution is 0.0134. The van der Waals surface area contributed by atoms with Crippen LogP contribution < -0.4 is 0 Å². The quantitative estimate of drug-likeness (QED) is 0.426. The van der Waals surface area contributed by atoms with Gasteiger partial charge in [-0.25, -0.2) is 0 Å². The van der Waals surface area contributed by atoms with E-state index >= 15 is 0 Å². The van der Waals surface area contributed by atoms with E-state index in [1.165, 1.54) is 70.6 Å². The molecular weight excluding hydrogens is 244 g/mol. The Morgan fingerprint density at radius 2 is 1.55 bits per heavy atom. The van der Waals surface area contributed by atoms with Crippen LogP contribution in [0.3, 0.4) is 0 Å². The maximum atomic E-state index is 5.78. The summed E-state index contributed by atoms with van der Waals surface area (Å²) in [6, 6.07) is 0. The second-order valence-corrected chi connectivity index (χ2v) is 6.99. The number of unbranched alkanes of at least 4 members (excludes halogenated alkanes) is 1. The molecule has 0 aliphatic heterocycles. The molecule has 0 atom stereocenters. The maximum Gasteiger partial charge on any atom is 0.0575 e. The summed E-state index contributed by atoms with van der Waals surface area (Å²) in [7, 11) is 0. The minimum atomic E-state index is 0.575. The number of hydrogen-bond acceptors (Lipinski definition) is 1. The predicted molar refractivity (Wildman–Crippen MR) is 86.9 cm³/mol. The van der Waals surface area contributed by atoms with Gasteiger partial charge >= 0.3 is 0 Å². The fourth-order valence-corrected chi connectivity index (χ4v) is 4.46. The molecule has 0 amide bonds. The lowest BCUT2D eigenvalue weighted by Crippen LogP contribution is -2.28. The summed E-state index contributed by atoms with van der Waals surface area (Å²) in [6.45, 7) is 6.84. The zero-order valence-electron chi connectivity index (χ0n) is 13.5. The van der Waals surface area contributed by atoms with E-state index in [2.05, 4.69) is 19.6 Å². The van der Waals surface area contributed by atoms with E-state index in [0.29, 0.717) is 6.10 Å². The maximum absolute atomic E-state index is 5.78. The lowest BCUT2D eigenvalue weighted by atomic mass is 9.70. The molecule has 0 radical (unpaired) electrons. The van der Waals surface area contributed by atoms with Crippen LogP contribution in [0, 0.1) is 17.8 Å². The summed E-state index contributed by atoms with van der Waals surface area (Å²) in [5.74, 6) is 3.07. The number of rotatable bonds is 7. The number of allylic oxidation sites excluding steroid dienone is 1. The minimum Gasteiger partial charge on any atom is -0.379 e. The number of ether oxygens (including phenoxy) is 1. The van der Waals surface area contributed by atoms with Crippen molar-refractivity contribution in [2.24, 2.45) is 17.8 Å². The molecule has 0 aromatic heterocycles. The average Bonchev–Trinajstić information content (AvgIpc) is 2.49. The Morgan fingerprint density at radius 3 is 2.10 bits per heavy atom. The molecule has 0 N–H and O–H groups in total. The third-order valence-corrected chi connectivity index (χ3v) is 5.70. The van der Waals surface area contributed by atoms with E-state index in [1.54, 1.807) is 0 Å². The monoisotopic (exact) mass is 278 g/mol. The van der Waals surface area contributed by atoms with Crippen LogP contribution >= 0.6 is 0 Å². The van der Waals surface area contributed by atoms with Crippen molar-refractivity contribution in [2.75, 3.05) is 6.61 Å². The molecule has 0 saturated heterocycles. The van der Waals surface area contributed by atoms with Gasteiger partial charge in [0, 0.05) is 6.61 Å². The Kier molecular flexibility index (Phi) is 7.13. The average molecular weight is 278 g/mol. The highest BCUT2D eigenvalue weighted by Gasteiger charge is 2.30. The first kappa shape index (κ1) is 16.1. The van der Waals surface area contributed by atoms with Gasteiger partial charge in [-0.05, 0) is 76.0 Å². The molecule has 2 aliphatic rings. The molecule has 1 nitrogen and oxygen atoms in total. The number of hydrogen-bond donors (Lipinski definition) is 0.